The monoisotopic (exact) mass is 592 g/mol. The summed E-state index contributed by atoms with van der Waals surface area (Å²) < 4.78 is 61.0. The molecule has 0 bridgehead atoms. The minimum Gasteiger partial charge on any atom is -0.495 e. The number of aromatic nitrogens is 4. The second-order valence-corrected chi connectivity index (χ2v) is 9.12. The van der Waals surface area contributed by atoms with E-state index in [9.17, 15) is 31.9 Å². The number of alkyl halides is 3. The lowest BCUT2D eigenvalue weighted by Gasteiger charge is -2.21. The van der Waals surface area contributed by atoms with Crippen molar-refractivity contribution >= 4 is 29.1 Å². The maximum absolute atomic E-state index is 14.2. The third-order valence-corrected chi connectivity index (χ3v) is 6.31. The van der Waals surface area contributed by atoms with Crippen LogP contribution in [0.2, 0.25) is 5.02 Å². The van der Waals surface area contributed by atoms with Crippen molar-refractivity contribution in [2.24, 2.45) is 5.73 Å². The van der Waals surface area contributed by atoms with Crippen LogP contribution in [-0.4, -0.2) is 38.5 Å². The molecule has 0 saturated carbocycles. The zero-order chi connectivity index (χ0) is 30.1. The Morgan fingerprint density at radius 2 is 1.85 bits per heavy atom. The van der Waals surface area contributed by atoms with Crippen LogP contribution in [0.4, 0.5) is 23.2 Å². The van der Waals surface area contributed by atoms with E-state index in [1.165, 1.54) is 37.6 Å². The van der Waals surface area contributed by atoms with Gasteiger partial charge in [0.05, 0.1) is 30.8 Å². The van der Waals surface area contributed by atoms with Gasteiger partial charge in [-0.3, -0.25) is 19.0 Å². The molecule has 0 spiro atoms. The Balaban J connectivity index is 1.74. The lowest BCUT2D eigenvalue weighted by Crippen LogP contribution is -2.32. The molecular weight excluding hydrogens is 572 g/mol. The van der Waals surface area contributed by atoms with Crippen LogP contribution in [0.1, 0.15) is 35.4 Å². The van der Waals surface area contributed by atoms with Crippen LogP contribution in [0.15, 0.2) is 59.7 Å². The zero-order valence-electron chi connectivity index (χ0n) is 21.4. The van der Waals surface area contributed by atoms with Crippen LogP contribution in [-0.2, 0) is 11.0 Å². The number of hydrogen-bond donors (Lipinski definition) is 2. The minimum absolute atomic E-state index is 0.0298. The average Bonchev–Trinajstić information content (AvgIpc) is 3.40. The van der Waals surface area contributed by atoms with E-state index in [2.05, 4.69) is 15.6 Å². The van der Waals surface area contributed by atoms with Crippen LogP contribution in [0.5, 0.6) is 5.75 Å². The number of amides is 2. The largest absolute Gasteiger partial charge is 0.495 e. The molecule has 0 aliphatic rings. The van der Waals surface area contributed by atoms with Gasteiger partial charge in [-0.15, -0.1) is 5.10 Å². The predicted molar refractivity (Wildman–Crippen MR) is 140 cm³/mol. The quantitative estimate of drug-likeness (QED) is 0.287. The van der Waals surface area contributed by atoms with E-state index in [1.807, 2.05) is 0 Å². The van der Waals surface area contributed by atoms with Crippen LogP contribution in [0, 0.1) is 5.82 Å². The van der Waals surface area contributed by atoms with Crippen LogP contribution in [0.3, 0.4) is 0 Å². The van der Waals surface area contributed by atoms with Gasteiger partial charge in [0.15, 0.2) is 5.69 Å². The van der Waals surface area contributed by atoms with Crippen molar-refractivity contribution in [2.75, 3.05) is 12.4 Å². The van der Waals surface area contributed by atoms with Crippen molar-refractivity contribution in [2.45, 2.75) is 25.6 Å². The first-order valence-electron chi connectivity index (χ1n) is 11.8. The van der Waals surface area contributed by atoms with E-state index in [-0.39, 0.29) is 45.3 Å². The van der Waals surface area contributed by atoms with E-state index in [1.54, 1.807) is 6.92 Å². The van der Waals surface area contributed by atoms with Crippen LogP contribution >= 0.6 is 11.6 Å². The lowest BCUT2D eigenvalue weighted by molar-refractivity contribution is -0.141. The number of pyridine rings is 1. The minimum atomic E-state index is -4.73. The highest BCUT2D eigenvalue weighted by Gasteiger charge is 2.35. The molecule has 1 atom stereocenters. The number of nitrogens with one attached hydrogen (secondary N) is 1. The highest BCUT2D eigenvalue weighted by atomic mass is 35.5. The third kappa shape index (κ3) is 6.06. The van der Waals surface area contributed by atoms with Crippen LogP contribution < -0.4 is 21.3 Å². The Bertz CT molecular complexity index is 1700. The van der Waals surface area contributed by atoms with Gasteiger partial charge < -0.3 is 15.8 Å². The number of benzene rings is 2. The summed E-state index contributed by atoms with van der Waals surface area (Å²) in [6.45, 7) is 1.64. The molecule has 214 valence electrons. The first-order valence-corrected chi connectivity index (χ1v) is 12.2. The number of carbonyl (C=O) groups is 2. The molecule has 2 amide bonds. The Kier molecular flexibility index (Phi) is 8.14. The molecule has 15 heteroatoms. The SMILES string of the molecule is CC[C@H](C(=O)Nc1ccc(C(N)=O)c(F)c1)n1cc(OC)c(-c2cc(Cl)ccc2-n2cc(C(F)(F)F)nn2)cc1=O. The Hall–Kier alpha value is -4.72. The number of ether oxygens (including phenoxy) is 1. The number of hydrogen-bond acceptors (Lipinski definition) is 6. The molecule has 2 heterocycles. The van der Waals surface area contributed by atoms with E-state index in [0.717, 1.165) is 27.4 Å². The highest BCUT2D eigenvalue weighted by molar-refractivity contribution is 6.31. The van der Waals surface area contributed by atoms with E-state index >= 15 is 0 Å². The van der Waals surface area contributed by atoms with Crippen molar-refractivity contribution in [1.82, 2.24) is 19.6 Å². The molecule has 0 aliphatic heterocycles. The summed E-state index contributed by atoms with van der Waals surface area (Å²) in [7, 11) is 1.30. The number of anilines is 1. The van der Waals surface area contributed by atoms with E-state index in [0.29, 0.717) is 6.20 Å². The summed E-state index contributed by atoms with van der Waals surface area (Å²) in [6.07, 6.45) is -2.63. The second-order valence-electron chi connectivity index (χ2n) is 8.68. The van der Waals surface area contributed by atoms with Gasteiger partial charge in [0.1, 0.15) is 17.6 Å². The standard InChI is InChI=1S/C26H21ClF4N6O4/c1-3-19(25(40)33-14-5-6-15(24(32)39)18(28)9-14)36-11-21(41-2)17(10-23(36)38)16-8-13(27)4-7-20(16)37-12-22(34-35-37)26(29,30)31/h4-12,19H,3H2,1-2H3,(H2,32,39)(H,33,40)/t19-/m1/s1. The molecule has 3 N–H and O–H groups in total. The second kappa shape index (κ2) is 11.4. The lowest BCUT2D eigenvalue weighted by atomic mass is 10.0. The number of rotatable bonds is 8. The highest BCUT2D eigenvalue weighted by Crippen LogP contribution is 2.36. The van der Waals surface area contributed by atoms with Gasteiger partial charge >= 0.3 is 6.18 Å². The van der Waals surface area contributed by atoms with Gasteiger partial charge in [-0.1, -0.05) is 23.7 Å². The molecule has 2 aromatic heterocycles. The average molecular weight is 593 g/mol. The van der Waals surface area contributed by atoms with E-state index < -0.39 is 41.1 Å². The smallest absolute Gasteiger partial charge is 0.436 e. The normalized spacial score (nSPS) is 12.2. The summed E-state index contributed by atoms with van der Waals surface area (Å²) >= 11 is 6.17. The zero-order valence-corrected chi connectivity index (χ0v) is 22.1. The van der Waals surface area contributed by atoms with Crippen molar-refractivity contribution < 1.29 is 31.9 Å². The number of primary amides is 1. The first-order chi connectivity index (χ1) is 19.3. The third-order valence-electron chi connectivity index (χ3n) is 6.07. The van der Waals surface area contributed by atoms with Crippen molar-refractivity contribution in [3.05, 3.63) is 87.3 Å². The number of nitrogens with zero attached hydrogens (tertiary/aromatic N) is 4. The Morgan fingerprint density at radius 3 is 2.44 bits per heavy atom. The summed E-state index contributed by atoms with van der Waals surface area (Å²) in [4.78, 5) is 37.6. The molecule has 4 rings (SSSR count). The molecule has 4 aromatic rings. The van der Waals surface area contributed by atoms with Crippen LogP contribution in [0.25, 0.3) is 16.8 Å². The molecule has 41 heavy (non-hydrogen) atoms. The summed E-state index contributed by atoms with van der Waals surface area (Å²) in [6, 6.07) is 7.65. The summed E-state index contributed by atoms with van der Waals surface area (Å²) in [5.74, 6) is -2.48. The molecule has 0 fully saturated rings. The molecule has 0 aliphatic carbocycles. The summed E-state index contributed by atoms with van der Waals surface area (Å²) in [5.41, 5.74) is 3.40. The van der Waals surface area contributed by atoms with Crippen molar-refractivity contribution in [3.8, 4) is 22.6 Å². The maximum Gasteiger partial charge on any atom is 0.436 e. The molecule has 0 saturated heterocycles. The fourth-order valence-corrected chi connectivity index (χ4v) is 4.28. The Labute approximate surface area is 234 Å². The molecule has 10 nitrogen and oxygen atoms in total. The molecule has 0 radical (unpaired) electrons. The molecular formula is C26H21ClF4N6O4. The van der Waals surface area contributed by atoms with Crippen molar-refractivity contribution in [3.63, 3.8) is 0 Å². The van der Waals surface area contributed by atoms with Crippen molar-refractivity contribution in [1.29, 1.82) is 0 Å². The van der Waals surface area contributed by atoms with Gasteiger partial charge in [-0.2, -0.15) is 13.2 Å². The van der Waals surface area contributed by atoms with Gasteiger partial charge in [0, 0.05) is 27.9 Å². The number of carbonyl (C=O) groups excluding carboxylic acids is 2. The van der Waals surface area contributed by atoms with E-state index in [4.69, 9.17) is 22.1 Å². The fraction of sp³-hybridized carbons (Fsp3) is 0.192. The Morgan fingerprint density at radius 1 is 1.12 bits per heavy atom. The number of halogens is 5. The first kappa shape index (κ1) is 29.3. The predicted octanol–water partition coefficient (Wildman–Crippen LogP) is 4.60. The maximum atomic E-state index is 14.2. The van der Waals surface area contributed by atoms with Gasteiger partial charge in [0.25, 0.3) is 11.5 Å². The molecule has 0 unspecified atom stereocenters. The summed E-state index contributed by atoms with van der Waals surface area (Å²) in [5, 5.41) is 9.45. The van der Waals surface area contributed by atoms with Gasteiger partial charge in [0.2, 0.25) is 5.91 Å². The topological polar surface area (TPSA) is 134 Å². The van der Waals surface area contributed by atoms with Gasteiger partial charge in [-0.25, -0.2) is 9.07 Å². The number of nitrogens with two attached hydrogens (primary N) is 1. The fourth-order valence-electron chi connectivity index (χ4n) is 4.11. The number of methoxy groups -OCH3 is 1. The van der Waals surface area contributed by atoms with Gasteiger partial charge in [-0.05, 0) is 42.8 Å². The molecule has 2 aromatic carbocycles.